The van der Waals surface area contributed by atoms with Gasteiger partial charge in [-0.25, -0.2) is 9.18 Å². The second-order valence-electron chi connectivity index (χ2n) is 9.86. The van der Waals surface area contributed by atoms with E-state index in [0.29, 0.717) is 40.0 Å². The van der Waals surface area contributed by atoms with Gasteiger partial charge >= 0.3 is 5.97 Å². The zero-order valence-corrected chi connectivity index (χ0v) is 25.1. The van der Waals surface area contributed by atoms with Gasteiger partial charge in [0.2, 0.25) is 5.43 Å². The number of nitro groups is 1. The number of non-ortho nitro benzene ring substituents is 1. The number of halogens is 2. The number of esters is 1. The summed E-state index contributed by atoms with van der Waals surface area (Å²) in [6.07, 6.45) is 1.43. The molecule has 43 heavy (non-hydrogen) atoms. The van der Waals surface area contributed by atoms with Gasteiger partial charge in [0, 0.05) is 41.9 Å². The lowest BCUT2D eigenvalue weighted by Gasteiger charge is -2.18. The molecular formula is C32H29ClFN3O5S. The van der Waals surface area contributed by atoms with Crippen molar-refractivity contribution >= 4 is 45.6 Å². The number of rotatable bonds is 10. The fourth-order valence-corrected chi connectivity index (χ4v) is 6.21. The molecule has 2 aromatic heterocycles. The number of benzene rings is 3. The molecule has 0 bridgehead atoms. The minimum Gasteiger partial charge on any atom is -0.462 e. The van der Waals surface area contributed by atoms with E-state index in [1.165, 1.54) is 35.7 Å². The highest BCUT2D eigenvalue weighted by molar-refractivity contribution is 7.22. The Labute approximate surface area is 257 Å². The molecule has 11 heteroatoms. The van der Waals surface area contributed by atoms with E-state index in [1.54, 1.807) is 41.8 Å². The number of nitro benzene ring substituents is 1. The predicted octanol–water partition coefficient (Wildman–Crippen LogP) is 7.06. The quantitative estimate of drug-likeness (QED) is 0.0942. The van der Waals surface area contributed by atoms with Crippen molar-refractivity contribution in [1.82, 2.24) is 9.47 Å². The Morgan fingerprint density at radius 2 is 1.70 bits per heavy atom. The third-order valence-electron chi connectivity index (χ3n) is 6.86. The van der Waals surface area contributed by atoms with Crippen LogP contribution in [0.3, 0.4) is 0 Å². The second-order valence-corrected chi connectivity index (χ2v) is 10.9. The molecule has 0 aliphatic rings. The lowest BCUT2D eigenvalue weighted by atomic mass is 10.0. The number of hydrogen-bond acceptors (Lipinski definition) is 7. The van der Waals surface area contributed by atoms with Crippen molar-refractivity contribution in [2.75, 3.05) is 13.7 Å². The van der Waals surface area contributed by atoms with E-state index in [0.717, 1.165) is 10.4 Å². The van der Waals surface area contributed by atoms with E-state index in [-0.39, 0.29) is 36.8 Å². The first-order valence-corrected chi connectivity index (χ1v) is 14.1. The van der Waals surface area contributed by atoms with Crippen LogP contribution in [0.4, 0.5) is 10.1 Å². The summed E-state index contributed by atoms with van der Waals surface area (Å²) in [7, 11) is 1.93. The van der Waals surface area contributed by atoms with E-state index >= 15 is 0 Å². The van der Waals surface area contributed by atoms with Crippen LogP contribution in [0.15, 0.2) is 89.9 Å². The first-order valence-electron chi connectivity index (χ1n) is 13.3. The lowest BCUT2D eigenvalue weighted by molar-refractivity contribution is -0.384. The zero-order chi connectivity index (χ0) is 29.8. The van der Waals surface area contributed by atoms with Crippen LogP contribution in [0, 0.1) is 15.9 Å². The summed E-state index contributed by atoms with van der Waals surface area (Å²) in [6, 6.07) is 22.4. The van der Waals surface area contributed by atoms with Crippen LogP contribution in [0.25, 0.3) is 20.7 Å². The van der Waals surface area contributed by atoms with Crippen molar-refractivity contribution in [1.29, 1.82) is 0 Å². The van der Waals surface area contributed by atoms with Crippen molar-refractivity contribution in [3.8, 4) is 10.4 Å². The molecule has 0 aliphatic heterocycles. The largest absolute Gasteiger partial charge is 0.462 e. The fourth-order valence-electron chi connectivity index (χ4n) is 4.92. The average Bonchev–Trinajstić information content (AvgIpc) is 3.35. The summed E-state index contributed by atoms with van der Waals surface area (Å²) in [4.78, 5) is 41.1. The average molecular weight is 622 g/mol. The lowest BCUT2D eigenvalue weighted by Crippen LogP contribution is -2.23. The Morgan fingerprint density at radius 1 is 1.02 bits per heavy atom. The maximum atomic E-state index is 14.7. The van der Waals surface area contributed by atoms with Gasteiger partial charge < -0.3 is 9.30 Å². The van der Waals surface area contributed by atoms with Crippen molar-refractivity contribution < 1.29 is 18.8 Å². The number of carbonyl (C=O) groups excluding carboxylic acids is 1. The summed E-state index contributed by atoms with van der Waals surface area (Å²) >= 11 is 1.33. The minimum absolute atomic E-state index is 0. The first kappa shape index (κ1) is 31.6. The number of aromatic nitrogens is 1. The Hall–Kier alpha value is -4.38. The monoisotopic (exact) mass is 621 g/mol. The van der Waals surface area contributed by atoms with Gasteiger partial charge in [-0.2, -0.15) is 0 Å². The maximum absolute atomic E-state index is 14.7. The van der Waals surface area contributed by atoms with Crippen LogP contribution >= 0.6 is 23.7 Å². The molecular weight excluding hydrogens is 593 g/mol. The highest BCUT2D eigenvalue weighted by Crippen LogP contribution is 2.39. The molecule has 0 saturated carbocycles. The van der Waals surface area contributed by atoms with Gasteiger partial charge in [-0.05, 0) is 48.9 Å². The number of nitrogens with zero attached hydrogens (tertiary/aromatic N) is 3. The van der Waals surface area contributed by atoms with E-state index in [4.69, 9.17) is 4.74 Å². The van der Waals surface area contributed by atoms with Crippen molar-refractivity contribution in [2.24, 2.45) is 0 Å². The molecule has 0 atom stereocenters. The SMILES string of the molecule is CCOC(=O)c1cn(Cc2ccccc2F)c2sc(-c3ccc([N+](=O)[O-])cc3)c(CN(C)Cc3ccccc3)c2c1=O.Cl. The third kappa shape index (κ3) is 6.83. The highest BCUT2D eigenvalue weighted by atomic mass is 35.5. The molecule has 8 nitrogen and oxygen atoms in total. The zero-order valence-electron chi connectivity index (χ0n) is 23.5. The molecule has 0 N–H and O–H groups in total. The number of pyridine rings is 1. The molecule has 0 amide bonds. The molecule has 0 radical (unpaired) electrons. The van der Waals surface area contributed by atoms with Crippen LogP contribution in [-0.2, 0) is 24.4 Å². The summed E-state index contributed by atoms with van der Waals surface area (Å²) in [5.41, 5.74) is 2.19. The Balaban J connectivity index is 0.00000423. The van der Waals surface area contributed by atoms with Crippen LogP contribution < -0.4 is 5.43 Å². The van der Waals surface area contributed by atoms with Crippen LogP contribution in [0.1, 0.15) is 34.0 Å². The Morgan fingerprint density at radius 3 is 2.35 bits per heavy atom. The highest BCUT2D eigenvalue weighted by Gasteiger charge is 2.25. The van der Waals surface area contributed by atoms with Crippen molar-refractivity contribution in [3.63, 3.8) is 0 Å². The van der Waals surface area contributed by atoms with Gasteiger partial charge in [0.15, 0.2) is 0 Å². The van der Waals surface area contributed by atoms with Gasteiger partial charge in [0.25, 0.3) is 5.69 Å². The summed E-state index contributed by atoms with van der Waals surface area (Å²) in [5, 5.41) is 11.6. The number of thiophene rings is 1. The molecule has 5 rings (SSSR count). The molecule has 222 valence electrons. The number of hydrogen-bond donors (Lipinski definition) is 0. The molecule has 3 aromatic carbocycles. The molecule has 5 aromatic rings. The molecule has 2 heterocycles. The van der Waals surface area contributed by atoms with Crippen LogP contribution in [-0.4, -0.2) is 34.0 Å². The standard InChI is InChI=1S/C32H28FN3O5S.ClH/c1-3-41-32(38)26-20-35(18-23-11-7-8-12-27(23)33)31-28(29(26)37)25(19-34(2)17-21-9-5-4-6-10-21)30(42-31)22-13-15-24(16-14-22)36(39)40;/h4-16,20H,3,17-19H2,1-2H3;1H. The minimum atomic E-state index is -0.752. The molecule has 0 aliphatic carbocycles. The van der Waals surface area contributed by atoms with Gasteiger partial charge in [-0.15, -0.1) is 23.7 Å². The number of ether oxygens (including phenoxy) is 1. The third-order valence-corrected chi connectivity index (χ3v) is 8.18. The Bertz CT molecular complexity index is 1820. The summed E-state index contributed by atoms with van der Waals surface area (Å²) in [6.45, 7) is 2.78. The molecule has 0 unspecified atom stereocenters. The van der Waals surface area contributed by atoms with E-state index in [2.05, 4.69) is 4.90 Å². The van der Waals surface area contributed by atoms with Gasteiger partial charge in [-0.3, -0.25) is 19.8 Å². The van der Waals surface area contributed by atoms with E-state index in [1.807, 2.05) is 37.4 Å². The Kier molecular flexibility index (Phi) is 10.1. The smallest absolute Gasteiger partial charge is 0.343 e. The first-order chi connectivity index (χ1) is 20.3. The normalized spacial score (nSPS) is 11.0. The second kappa shape index (κ2) is 13.7. The van der Waals surface area contributed by atoms with Crippen molar-refractivity contribution in [2.45, 2.75) is 26.6 Å². The topological polar surface area (TPSA) is 94.7 Å². The van der Waals surface area contributed by atoms with Crippen LogP contribution in [0.2, 0.25) is 0 Å². The van der Waals surface area contributed by atoms with Gasteiger partial charge in [-0.1, -0.05) is 48.5 Å². The number of carbonyl (C=O) groups is 1. The van der Waals surface area contributed by atoms with Crippen LogP contribution in [0.5, 0.6) is 0 Å². The van der Waals surface area contributed by atoms with Gasteiger partial charge in [0.1, 0.15) is 16.2 Å². The molecule has 0 spiro atoms. The van der Waals surface area contributed by atoms with E-state index in [9.17, 15) is 24.1 Å². The molecule has 0 fully saturated rings. The molecule has 0 saturated heterocycles. The predicted molar refractivity (Wildman–Crippen MR) is 168 cm³/mol. The van der Waals surface area contributed by atoms with E-state index < -0.39 is 22.1 Å². The number of fused-ring (bicyclic) bond motifs is 1. The van der Waals surface area contributed by atoms with Crippen molar-refractivity contribution in [3.05, 3.63) is 133 Å². The maximum Gasteiger partial charge on any atom is 0.343 e. The van der Waals surface area contributed by atoms with Gasteiger partial charge in [0.05, 0.1) is 23.5 Å². The fraction of sp³-hybridized carbons (Fsp3) is 0.188. The summed E-state index contributed by atoms with van der Waals surface area (Å²) < 4.78 is 21.7. The summed E-state index contributed by atoms with van der Waals surface area (Å²) in [5.74, 6) is -1.16.